The molecular formula is C24H24N2O5. The maximum absolute atomic E-state index is 12.9. The number of hydrogen-bond donors (Lipinski definition) is 1. The standard InChI is InChI=1S/C24H24N2O5/c1-28-20-8-7-19(22(29-2)23(20)30-3)24(27)26-14-17-13-16-5-4-6-18(21(16)31-17)15-9-11-25-12-10-15/h4-12,17H,13-14H2,1-3H3,(H,26,27)/t17-/m1/s1. The second kappa shape index (κ2) is 8.95. The van der Waals surface area contributed by atoms with Gasteiger partial charge in [0.05, 0.1) is 33.4 Å². The number of hydrogen-bond acceptors (Lipinski definition) is 6. The van der Waals surface area contributed by atoms with Gasteiger partial charge >= 0.3 is 0 Å². The maximum atomic E-state index is 12.9. The number of aromatic nitrogens is 1. The summed E-state index contributed by atoms with van der Waals surface area (Å²) in [6.07, 6.45) is 4.08. The molecule has 3 aromatic rings. The van der Waals surface area contributed by atoms with Gasteiger partial charge in [-0.3, -0.25) is 9.78 Å². The van der Waals surface area contributed by atoms with Crippen molar-refractivity contribution in [1.82, 2.24) is 10.3 Å². The van der Waals surface area contributed by atoms with Gasteiger partial charge < -0.3 is 24.3 Å². The van der Waals surface area contributed by atoms with E-state index in [1.54, 1.807) is 24.5 Å². The first-order chi connectivity index (χ1) is 15.2. The zero-order chi connectivity index (χ0) is 21.8. The number of amides is 1. The number of nitrogens with one attached hydrogen (secondary N) is 1. The third-order valence-corrected chi connectivity index (χ3v) is 5.26. The number of ether oxygens (including phenoxy) is 4. The number of para-hydroxylation sites is 1. The Morgan fingerprint density at radius 2 is 1.81 bits per heavy atom. The summed E-state index contributed by atoms with van der Waals surface area (Å²) in [5, 5.41) is 2.95. The van der Waals surface area contributed by atoms with Crippen molar-refractivity contribution in [2.75, 3.05) is 27.9 Å². The molecule has 1 amide bonds. The minimum Gasteiger partial charge on any atom is -0.493 e. The summed E-state index contributed by atoms with van der Waals surface area (Å²) < 4.78 is 22.3. The number of rotatable bonds is 7. The second-order valence-electron chi connectivity index (χ2n) is 7.07. The zero-order valence-corrected chi connectivity index (χ0v) is 17.7. The van der Waals surface area contributed by atoms with E-state index in [4.69, 9.17) is 18.9 Å². The van der Waals surface area contributed by atoms with Crippen molar-refractivity contribution in [2.24, 2.45) is 0 Å². The molecule has 1 N–H and O–H groups in total. The van der Waals surface area contributed by atoms with Crippen LogP contribution in [0.3, 0.4) is 0 Å². The van der Waals surface area contributed by atoms with E-state index in [-0.39, 0.29) is 12.0 Å². The molecule has 31 heavy (non-hydrogen) atoms. The van der Waals surface area contributed by atoms with Crippen LogP contribution in [0, 0.1) is 0 Å². The molecule has 0 bridgehead atoms. The van der Waals surface area contributed by atoms with Gasteiger partial charge in [-0.25, -0.2) is 0 Å². The lowest BCUT2D eigenvalue weighted by atomic mass is 10.0. The van der Waals surface area contributed by atoms with E-state index in [2.05, 4.69) is 16.4 Å². The number of carbonyl (C=O) groups is 1. The molecule has 2 aromatic carbocycles. The van der Waals surface area contributed by atoms with Crippen LogP contribution >= 0.6 is 0 Å². The van der Waals surface area contributed by atoms with Crippen LogP contribution in [0.1, 0.15) is 15.9 Å². The summed E-state index contributed by atoms with van der Waals surface area (Å²) >= 11 is 0. The Labute approximate surface area is 180 Å². The third-order valence-electron chi connectivity index (χ3n) is 5.26. The summed E-state index contributed by atoms with van der Waals surface area (Å²) in [6, 6.07) is 13.4. The van der Waals surface area contributed by atoms with Crippen LogP contribution in [0.25, 0.3) is 11.1 Å². The molecule has 1 aliphatic heterocycles. The van der Waals surface area contributed by atoms with E-state index in [9.17, 15) is 4.79 Å². The van der Waals surface area contributed by atoms with E-state index >= 15 is 0 Å². The lowest BCUT2D eigenvalue weighted by Crippen LogP contribution is -2.34. The fraction of sp³-hybridized carbons (Fsp3) is 0.250. The molecule has 1 atom stereocenters. The van der Waals surface area contributed by atoms with Crippen molar-refractivity contribution in [3.8, 4) is 34.1 Å². The first-order valence-electron chi connectivity index (χ1n) is 9.92. The predicted molar refractivity (Wildman–Crippen MR) is 116 cm³/mol. The fourth-order valence-electron chi connectivity index (χ4n) is 3.79. The van der Waals surface area contributed by atoms with Crippen LogP contribution in [0.4, 0.5) is 0 Å². The van der Waals surface area contributed by atoms with Gasteiger partial charge in [-0.05, 0) is 35.4 Å². The van der Waals surface area contributed by atoms with Crippen molar-refractivity contribution in [3.63, 3.8) is 0 Å². The van der Waals surface area contributed by atoms with Gasteiger partial charge in [-0.1, -0.05) is 18.2 Å². The molecule has 0 spiro atoms. The monoisotopic (exact) mass is 420 g/mol. The van der Waals surface area contributed by atoms with Crippen LogP contribution in [-0.4, -0.2) is 44.9 Å². The smallest absolute Gasteiger partial charge is 0.255 e. The molecule has 0 saturated carbocycles. The van der Waals surface area contributed by atoms with Gasteiger partial charge in [-0.15, -0.1) is 0 Å². The largest absolute Gasteiger partial charge is 0.493 e. The molecule has 0 radical (unpaired) electrons. The van der Waals surface area contributed by atoms with Crippen molar-refractivity contribution >= 4 is 5.91 Å². The van der Waals surface area contributed by atoms with Crippen LogP contribution in [0.15, 0.2) is 54.9 Å². The Bertz CT molecular complexity index is 1080. The number of methoxy groups -OCH3 is 3. The first-order valence-corrected chi connectivity index (χ1v) is 9.92. The Morgan fingerprint density at radius 3 is 2.52 bits per heavy atom. The van der Waals surface area contributed by atoms with Crippen LogP contribution in [0.5, 0.6) is 23.0 Å². The van der Waals surface area contributed by atoms with Gasteiger partial charge in [0.2, 0.25) is 5.75 Å². The first kappa shape index (κ1) is 20.5. The average Bonchev–Trinajstić information content (AvgIpc) is 3.25. The summed E-state index contributed by atoms with van der Waals surface area (Å²) in [5.74, 6) is 1.79. The van der Waals surface area contributed by atoms with Gasteiger partial charge in [0.1, 0.15) is 11.9 Å². The Hall–Kier alpha value is -3.74. The normalized spacial score (nSPS) is 14.4. The highest BCUT2D eigenvalue weighted by Crippen LogP contribution is 2.40. The lowest BCUT2D eigenvalue weighted by molar-refractivity contribution is 0.0930. The van der Waals surface area contributed by atoms with Gasteiger partial charge in [0.15, 0.2) is 11.5 Å². The highest BCUT2D eigenvalue weighted by molar-refractivity contribution is 5.98. The number of nitrogens with zero attached hydrogens (tertiary/aromatic N) is 1. The van der Waals surface area contributed by atoms with Crippen LogP contribution in [0.2, 0.25) is 0 Å². The highest BCUT2D eigenvalue weighted by atomic mass is 16.5. The molecule has 1 aromatic heterocycles. The molecule has 1 aliphatic rings. The molecule has 0 aliphatic carbocycles. The van der Waals surface area contributed by atoms with Crippen molar-refractivity contribution in [1.29, 1.82) is 0 Å². The Kier molecular flexibility index (Phi) is 5.93. The van der Waals surface area contributed by atoms with E-state index in [0.717, 1.165) is 28.9 Å². The Morgan fingerprint density at radius 1 is 1.03 bits per heavy atom. The van der Waals surface area contributed by atoms with Gasteiger partial charge in [-0.2, -0.15) is 0 Å². The van der Waals surface area contributed by atoms with Crippen molar-refractivity contribution < 1.29 is 23.7 Å². The van der Waals surface area contributed by atoms with Crippen molar-refractivity contribution in [2.45, 2.75) is 12.5 Å². The summed E-state index contributed by atoms with van der Waals surface area (Å²) in [4.78, 5) is 16.9. The van der Waals surface area contributed by atoms with E-state index < -0.39 is 0 Å². The molecule has 4 rings (SSSR count). The molecule has 2 heterocycles. The summed E-state index contributed by atoms with van der Waals surface area (Å²) in [5.41, 5.74) is 3.56. The molecule has 0 saturated heterocycles. The lowest BCUT2D eigenvalue weighted by Gasteiger charge is -2.17. The summed E-state index contributed by atoms with van der Waals surface area (Å²) in [6.45, 7) is 0.362. The van der Waals surface area contributed by atoms with E-state index in [1.807, 2.05) is 24.3 Å². The summed E-state index contributed by atoms with van der Waals surface area (Å²) in [7, 11) is 4.53. The zero-order valence-electron chi connectivity index (χ0n) is 17.7. The topological polar surface area (TPSA) is 78.9 Å². The maximum Gasteiger partial charge on any atom is 0.255 e. The van der Waals surface area contributed by atoms with Crippen LogP contribution < -0.4 is 24.3 Å². The van der Waals surface area contributed by atoms with Gasteiger partial charge in [0.25, 0.3) is 5.91 Å². The molecule has 0 unspecified atom stereocenters. The molecule has 0 fully saturated rings. The highest BCUT2D eigenvalue weighted by Gasteiger charge is 2.27. The minimum absolute atomic E-state index is 0.159. The van der Waals surface area contributed by atoms with Gasteiger partial charge in [0, 0.05) is 24.4 Å². The third kappa shape index (κ3) is 3.99. The predicted octanol–water partition coefficient (Wildman–Crippen LogP) is 3.51. The quantitative estimate of drug-likeness (QED) is 0.630. The number of benzene rings is 2. The fourth-order valence-corrected chi connectivity index (χ4v) is 3.79. The molecule has 7 nitrogen and oxygen atoms in total. The number of pyridine rings is 1. The number of fused-ring (bicyclic) bond motifs is 1. The molecule has 160 valence electrons. The van der Waals surface area contributed by atoms with E-state index in [1.165, 1.54) is 21.3 Å². The van der Waals surface area contributed by atoms with E-state index in [0.29, 0.717) is 29.4 Å². The SMILES string of the molecule is COc1ccc(C(=O)NC[C@H]2Cc3cccc(-c4ccncc4)c3O2)c(OC)c1OC. The van der Waals surface area contributed by atoms with Crippen LogP contribution in [-0.2, 0) is 6.42 Å². The number of carbonyl (C=O) groups excluding carboxylic acids is 1. The second-order valence-corrected chi connectivity index (χ2v) is 7.07. The molecular weight excluding hydrogens is 396 g/mol. The Balaban J connectivity index is 1.48. The molecule has 7 heteroatoms. The average molecular weight is 420 g/mol. The van der Waals surface area contributed by atoms with Crippen molar-refractivity contribution in [3.05, 3.63) is 66.0 Å². The minimum atomic E-state index is -0.272.